The van der Waals surface area contributed by atoms with E-state index >= 15 is 0 Å². The second-order valence-corrected chi connectivity index (χ2v) is 4.36. The average Bonchev–Trinajstić information content (AvgIpc) is 2.22. The molecule has 0 aliphatic heterocycles. The van der Waals surface area contributed by atoms with Crippen LogP contribution in [0, 0.1) is 5.92 Å². The van der Waals surface area contributed by atoms with Gasteiger partial charge in [0.05, 0.1) is 6.42 Å². The van der Waals surface area contributed by atoms with Gasteiger partial charge >= 0.3 is 12.1 Å². The fourth-order valence-electron chi connectivity index (χ4n) is 1.51. The highest BCUT2D eigenvalue weighted by atomic mass is 16.6. The highest BCUT2D eigenvalue weighted by molar-refractivity contribution is 5.71. The van der Waals surface area contributed by atoms with Crippen LogP contribution in [-0.2, 0) is 9.53 Å². The molecule has 0 saturated carbocycles. The number of carbonyl (C=O) groups excluding carboxylic acids is 1. The molecule has 0 aromatic carbocycles. The Bertz CT molecular complexity index is 276. The first kappa shape index (κ1) is 15.5. The van der Waals surface area contributed by atoms with Gasteiger partial charge in [-0.15, -0.1) is 0 Å². The summed E-state index contributed by atoms with van der Waals surface area (Å²) in [4.78, 5) is 23.7. The zero-order chi connectivity index (χ0) is 13.4. The number of rotatable bonds is 7. The van der Waals surface area contributed by atoms with Gasteiger partial charge in [0.1, 0.15) is 6.61 Å². The fourth-order valence-corrected chi connectivity index (χ4v) is 1.51. The number of nitrogens with zero attached hydrogens (tertiary/aromatic N) is 1. The Hall–Kier alpha value is -1.52. The Morgan fingerprint density at radius 2 is 2.06 bits per heavy atom. The number of ether oxygens (including phenoxy) is 1. The summed E-state index contributed by atoms with van der Waals surface area (Å²) in [5.74, 6) is -0.604. The van der Waals surface area contributed by atoms with Gasteiger partial charge < -0.3 is 14.7 Å². The van der Waals surface area contributed by atoms with Gasteiger partial charge in [-0.3, -0.25) is 4.79 Å². The molecule has 0 aliphatic rings. The molecular weight excluding hydrogens is 222 g/mol. The lowest BCUT2D eigenvalue weighted by Crippen LogP contribution is -2.39. The summed E-state index contributed by atoms with van der Waals surface area (Å²) < 4.78 is 4.87. The highest BCUT2D eigenvalue weighted by Crippen LogP contribution is 2.14. The smallest absolute Gasteiger partial charge is 0.410 e. The first-order chi connectivity index (χ1) is 7.88. The lowest BCUT2D eigenvalue weighted by atomic mass is 10.0. The number of carbonyl (C=O) groups is 2. The van der Waals surface area contributed by atoms with E-state index in [-0.39, 0.29) is 19.1 Å². The van der Waals surface area contributed by atoms with Crippen LogP contribution in [0.5, 0.6) is 0 Å². The van der Waals surface area contributed by atoms with Crippen molar-refractivity contribution in [2.45, 2.75) is 32.7 Å². The van der Waals surface area contributed by atoms with Crippen LogP contribution in [-0.4, -0.2) is 41.8 Å². The van der Waals surface area contributed by atoms with Crippen LogP contribution in [0.2, 0.25) is 0 Å². The molecule has 0 heterocycles. The summed E-state index contributed by atoms with van der Waals surface area (Å²) in [5.41, 5.74) is 0. The van der Waals surface area contributed by atoms with Crippen molar-refractivity contribution in [2.75, 3.05) is 13.7 Å². The van der Waals surface area contributed by atoms with Gasteiger partial charge in [-0.2, -0.15) is 0 Å². The van der Waals surface area contributed by atoms with Crippen LogP contribution < -0.4 is 0 Å². The third kappa shape index (κ3) is 6.60. The lowest BCUT2D eigenvalue weighted by molar-refractivity contribution is -0.138. The summed E-state index contributed by atoms with van der Waals surface area (Å²) in [6, 6.07) is -0.343. The largest absolute Gasteiger partial charge is 0.481 e. The number of carboxylic acid groups (broad SMARTS) is 1. The normalized spacial score (nSPS) is 12.0. The Morgan fingerprint density at radius 1 is 1.47 bits per heavy atom. The van der Waals surface area contributed by atoms with Crippen molar-refractivity contribution in [1.29, 1.82) is 0 Å². The molecule has 0 bridgehead atoms. The molecule has 0 unspecified atom stereocenters. The van der Waals surface area contributed by atoms with Gasteiger partial charge in [0.2, 0.25) is 0 Å². The van der Waals surface area contributed by atoms with Crippen LogP contribution in [0.15, 0.2) is 12.7 Å². The van der Waals surface area contributed by atoms with Crippen LogP contribution in [0.4, 0.5) is 4.79 Å². The molecule has 0 saturated heterocycles. The topological polar surface area (TPSA) is 66.8 Å². The third-order valence-corrected chi connectivity index (χ3v) is 2.31. The Morgan fingerprint density at radius 3 is 2.47 bits per heavy atom. The van der Waals surface area contributed by atoms with Crippen molar-refractivity contribution in [2.24, 2.45) is 5.92 Å². The van der Waals surface area contributed by atoms with Crippen molar-refractivity contribution in [3.63, 3.8) is 0 Å². The number of carboxylic acids is 1. The minimum absolute atomic E-state index is 0.0716. The van der Waals surface area contributed by atoms with Crippen molar-refractivity contribution >= 4 is 12.1 Å². The van der Waals surface area contributed by atoms with Crippen LogP contribution in [0.1, 0.15) is 26.7 Å². The Labute approximate surface area is 102 Å². The summed E-state index contributed by atoms with van der Waals surface area (Å²) in [6.07, 6.45) is 1.52. The summed E-state index contributed by atoms with van der Waals surface area (Å²) in [7, 11) is 1.56. The van der Waals surface area contributed by atoms with Crippen LogP contribution >= 0.6 is 0 Å². The Kier molecular flexibility index (Phi) is 7.02. The molecule has 1 amide bonds. The molecule has 17 heavy (non-hydrogen) atoms. The van der Waals surface area contributed by atoms with Crippen LogP contribution in [0.25, 0.3) is 0 Å². The van der Waals surface area contributed by atoms with Crippen molar-refractivity contribution in [1.82, 2.24) is 4.90 Å². The standard InChI is InChI=1S/C12H21NO4/c1-5-6-17-12(16)13(4)10(7-9(2)3)8-11(14)15/h5,9-10H,1,6-8H2,2-4H3,(H,14,15)/t10-/m0/s1. The zero-order valence-electron chi connectivity index (χ0n) is 10.7. The Balaban J connectivity index is 4.48. The first-order valence-electron chi connectivity index (χ1n) is 5.60. The molecule has 98 valence electrons. The monoisotopic (exact) mass is 243 g/mol. The predicted octanol–water partition coefficient (Wildman–Crippen LogP) is 2.13. The van der Waals surface area contributed by atoms with Crippen molar-refractivity contribution < 1.29 is 19.4 Å². The molecule has 0 aliphatic carbocycles. The van der Waals surface area contributed by atoms with Crippen LogP contribution in [0.3, 0.4) is 0 Å². The maximum absolute atomic E-state index is 11.6. The zero-order valence-corrected chi connectivity index (χ0v) is 10.7. The average molecular weight is 243 g/mol. The first-order valence-corrected chi connectivity index (χ1v) is 5.60. The molecule has 5 heteroatoms. The van der Waals surface area contributed by atoms with E-state index in [1.807, 2.05) is 13.8 Å². The second-order valence-electron chi connectivity index (χ2n) is 4.36. The van der Waals surface area contributed by atoms with E-state index in [2.05, 4.69) is 6.58 Å². The number of hydrogen-bond acceptors (Lipinski definition) is 3. The lowest BCUT2D eigenvalue weighted by Gasteiger charge is -2.27. The third-order valence-electron chi connectivity index (χ3n) is 2.31. The number of hydrogen-bond donors (Lipinski definition) is 1. The van der Waals surface area contributed by atoms with E-state index in [4.69, 9.17) is 9.84 Å². The molecular formula is C12H21NO4. The van der Waals surface area contributed by atoms with Gasteiger partial charge in [-0.05, 0) is 12.3 Å². The molecule has 0 aromatic heterocycles. The summed E-state index contributed by atoms with van der Waals surface area (Å²) >= 11 is 0. The summed E-state index contributed by atoms with van der Waals surface area (Å²) in [5, 5.41) is 8.81. The maximum Gasteiger partial charge on any atom is 0.410 e. The van der Waals surface area contributed by atoms with Crippen molar-refractivity contribution in [3.8, 4) is 0 Å². The minimum atomic E-state index is -0.918. The number of aliphatic carboxylic acids is 1. The minimum Gasteiger partial charge on any atom is -0.481 e. The van der Waals surface area contributed by atoms with Gasteiger partial charge in [-0.1, -0.05) is 26.5 Å². The fraction of sp³-hybridized carbons (Fsp3) is 0.667. The van der Waals surface area contributed by atoms with E-state index in [1.165, 1.54) is 11.0 Å². The number of amides is 1. The second kappa shape index (κ2) is 7.70. The molecule has 0 aromatic rings. The summed E-state index contributed by atoms with van der Waals surface area (Å²) in [6.45, 7) is 7.54. The van der Waals surface area contributed by atoms with E-state index < -0.39 is 12.1 Å². The van der Waals surface area contributed by atoms with Gasteiger partial charge in [0, 0.05) is 13.1 Å². The molecule has 0 fully saturated rings. The molecule has 1 N–H and O–H groups in total. The van der Waals surface area contributed by atoms with Gasteiger partial charge in [-0.25, -0.2) is 4.79 Å². The molecule has 0 spiro atoms. The maximum atomic E-state index is 11.6. The molecule has 5 nitrogen and oxygen atoms in total. The SMILES string of the molecule is C=CCOC(=O)N(C)[C@H](CC(=O)O)CC(C)C. The molecule has 0 radical (unpaired) electrons. The van der Waals surface area contributed by atoms with Crippen molar-refractivity contribution in [3.05, 3.63) is 12.7 Å². The van der Waals surface area contributed by atoms with E-state index in [0.717, 1.165) is 0 Å². The molecule has 0 rings (SSSR count). The van der Waals surface area contributed by atoms with E-state index in [1.54, 1.807) is 7.05 Å². The quantitative estimate of drug-likeness (QED) is 0.695. The molecule has 1 atom stereocenters. The predicted molar refractivity (Wildman–Crippen MR) is 64.8 cm³/mol. The van der Waals surface area contributed by atoms with E-state index in [9.17, 15) is 9.59 Å². The van der Waals surface area contributed by atoms with Gasteiger partial charge in [0.15, 0.2) is 0 Å². The van der Waals surface area contributed by atoms with E-state index in [0.29, 0.717) is 12.3 Å². The van der Waals surface area contributed by atoms with Gasteiger partial charge in [0.25, 0.3) is 0 Å². The highest BCUT2D eigenvalue weighted by Gasteiger charge is 2.24.